The van der Waals surface area contributed by atoms with Crippen molar-refractivity contribution in [2.75, 3.05) is 0 Å². The Kier molecular flexibility index (Phi) is 2.85. The van der Waals surface area contributed by atoms with Crippen molar-refractivity contribution in [2.45, 2.75) is 19.4 Å². The monoisotopic (exact) mass is 267 g/mol. The van der Waals surface area contributed by atoms with Gasteiger partial charge in [-0.2, -0.15) is 0 Å². The molecule has 0 saturated carbocycles. The number of rotatable bonds is 2. The first kappa shape index (κ1) is 10.7. The molecular formula is C12H14BrNO. The molecule has 1 heterocycles. The normalized spacial score (nSPS) is 13.3. The van der Waals surface area contributed by atoms with Crippen molar-refractivity contribution in [2.24, 2.45) is 7.05 Å². The van der Waals surface area contributed by atoms with E-state index in [-0.39, 0.29) is 6.10 Å². The molecule has 0 fully saturated rings. The Morgan fingerprint density at radius 2 is 2.07 bits per heavy atom. The molecule has 1 N–H and O–H groups in total. The summed E-state index contributed by atoms with van der Waals surface area (Å²) in [6, 6.07) is 8.23. The summed E-state index contributed by atoms with van der Waals surface area (Å²) in [6.45, 7) is 1.81. The molecule has 0 aliphatic carbocycles. The lowest BCUT2D eigenvalue weighted by atomic mass is 10.2. The van der Waals surface area contributed by atoms with Gasteiger partial charge in [-0.05, 0) is 28.9 Å². The van der Waals surface area contributed by atoms with Crippen LogP contribution in [-0.2, 0) is 13.5 Å². The molecule has 0 aliphatic heterocycles. The summed E-state index contributed by atoms with van der Waals surface area (Å²) in [5.74, 6) is 0. The summed E-state index contributed by atoms with van der Waals surface area (Å²) in [7, 11) is 2.03. The fourth-order valence-corrected chi connectivity index (χ4v) is 2.67. The summed E-state index contributed by atoms with van der Waals surface area (Å²) in [5, 5.41) is 10.6. The number of fused-ring (bicyclic) bond motifs is 1. The van der Waals surface area contributed by atoms with Gasteiger partial charge < -0.3 is 9.67 Å². The second-order valence-electron chi connectivity index (χ2n) is 3.89. The summed E-state index contributed by atoms with van der Waals surface area (Å²) in [6.07, 6.45) is 0.357. The lowest BCUT2D eigenvalue weighted by molar-refractivity contribution is 0.193. The van der Waals surface area contributed by atoms with Crippen molar-refractivity contribution in [1.82, 2.24) is 4.57 Å². The Hall–Kier alpha value is -0.800. The quantitative estimate of drug-likeness (QED) is 0.890. The Morgan fingerprint density at radius 3 is 2.67 bits per heavy atom. The van der Waals surface area contributed by atoms with Gasteiger partial charge in [0.15, 0.2) is 0 Å². The first-order valence-electron chi connectivity index (χ1n) is 5.01. The predicted octanol–water partition coefficient (Wildman–Crippen LogP) is 2.86. The lowest BCUT2D eigenvalue weighted by Crippen LogP contribution is -2.08. The molecule has 80 valence electrons. The molecule has 0 spiro atoms. The van der Waals surface area contributed by atoms with E-state index in [9.17, 15) is 5.11 Å². The van der Waals surface area contributed by atoms with E-state index in [1.807, 2.05) is 26.1 Å². The molecule has 1 aromatic carbocycles. The highest BCUT2D eigenvalue weighted by molar-refractivity contribution is 9.10. The summed E-state index contributed by atoms with van der Waals surface area (Å²) >= 11 is 3.60. The van der Waals surface area contributed by atoms with E-state index in [0.717, 1.165) is 10.2 Å². The van der Waals surface area contributed by atoms with Crippen LogP contribution in [0.5, 0.6) is 0 Å². The van der Waals surface area contributed by atoms with Crippen LogP contribution < -0.4 is 0 Å². The number of benzene rings is 1. The van der Waals surface area contributed by atoms with Crippen molar-refractivity contribution in [1.29, 1.82) is 0 Å². The average molecular weight is 268 g/mol. The Morgan fingerprint density at radius 1 is 1.40 bits per heavy atom. The zero-order valence-electron chi connectivity index (χ0n) is 8.87. The van der Waals surface area contributed by atoms with Crippen molar-refractivity contribution < 1.29 is 5.11 Å². The van der Waals surface area contributed by atoms with Gasteiger partial charge in [0, 0.05) is 34.5 Å². The van der Waals surface area contributed by atoms with E-state index in [1.54, 1.807) is 0 Å². The third-order valence-corrected chi connectivity index (χ3v) is 3.53. The van der Waals surface area contributed by atoms with E-state index in [2.05, 4.69) is 32.6 Å². The second-order valence-corrected chi connectivity index (χ2v) is 4.68. The lowest BCUT2D eigenvalue weighted by Gasteiger charge is -2.06. The molecule has 0 saturated heterocycles. The van der Waals surface area contributed by atoms with Crippen molar-refractivity contribution >= 4 is 26.8 Å². The van der Waals surface area contributed by atoms with Gasteiger partial charge in [0.1, 0.15) is 0 Å². The largest absolute Gasteiger partial charge is 0.393 e. The number of aromatic nitrogens is 1. The van der Waals surface area contributed by atoms with E-state index >= 15 is 0 Å². The Balaban J connectivity index is 2.64. The number of hydrogen-bond donors (Lipinski definition) is 1. The maximum absolute atomic E-state index is 9.45. The zero-order valence-corrected chi connectivity index (χ0v) is 10.5. The van der Waals surface area contributed by atoms with Gasteiger partial charge in [0.2, 0.25) is 0 Å². The minimum Gasteiger partial charge on any atom is -0.393 e. The average Bonchev–Trinajstić information content (AvgIpc) is 2.44. The van der Waals surface area contributed by atoms with Gasteiger partial charge in [0.25, 0.3) is 0 Å². The fourth-order valence-electron chi connectivity index (χ4n) is 1.91. The number of para-hydroxylation sites is 1. The summed E-state index contributed by atoms with van der Waals surface area (Å²) in [5.41, 5.74) is 2.34. The van der Waals surface area contributed by atoms with Crippen molar-refractivity contribution in [3.8, 4) is 0 Å². The molecule has 3 heteroatoms. The van der Waals surface area contributed by atoms with Crippen LogP contribution in [0.1, 0.15) is 12.6 Å². The summed E-state index contributed by atoms with van der Waals surface area (Å²) < 4.78 is 3.23. The highest BCUT2D eigenvalue weighted by Crippen LogP contribution is 2.30. The predicted molar refractivity (Wildman–Crippen MR) is 66.0 cm³/mol. The molecule has 2 aromatic rings. The standard InChI is InChI=1S/C12H14BrNO/c1-8(15)7-11-12(13)9-5-3-4-6-10(9)14(11)2/h3-6,8,15H,7H2,1-2H3/t8-/m0/s1. The first-order chi connectivity index (χ1) is 7.11. The van der Waals surface area contributed by atoms with Gasteiger partial charge in [-0.25, -0.2) is 0 Å². The van der Waals surface area contributed by atoms with E-state index < -0.39 is 0 Å². The zero-order chi connectivity index (χ0) is 11.0. The highest BCUT2D eigenvalue weighted by atomic mass is 79.9. The van der Waals surface area contributed by atoms with Crippen LogP contribution in [0.2, 0.25) is 0 Å². The fraction of sp³-hybridized carbons (Fsp3) is 0.333. The van der Waals surface area contributed by atoms with Crippen molar-refractivity contribution in [3.63, 3.8) is 0 Å². The molecule has 1 aromatic heterocycles. The third-order valence-electron chi connectivity index (χ3n) is 2.65. The van der Waals surface area contributed by atoms with E-state index in [0.29, 0.717) is 6.42 Å². The van der Waals surface area contributed by atoms with Crippen LogP contribution in [0.4, 0.5) is 0 Å². The molecule has 1 atom stereocenters. The Bertz CT molecular complexity index is 449. The Labute approximate surface area is 97.7 Å². The van der Waals surface area contributed by atoms with Gasteiger partial charge >= 0.3 is 0 Å². The second kappa shape index (κ2) is 3.99. The maximum atomic E-state index is 9.45. The minimum absolute atomic E-state index is 0.315. The van der Waals surface area contributed by atoms with Crippen LogP contribution in [0, 0.1) is 0 Å². The van der Waals surface area contributed by atoms with Crippen LogP contribution in [0.15, 0.2) is 28.7 Å². The van der Waals surface area contributed by atoms with E-state index in [4.69, 9.17) is 0 Å². The molecule has 0 aliphatic rings. The van der Waals surface area contributed by atoms with Crippen LogP contribution in [0.3, 0.4) is 0 Å². The summed E-state index contributed by atoms with van der Waals surface area (Å²) in [4.78, 5) is 0. The highest BCUT2D eigenvalue weighted by Gasteiger charge is 2.13. The van der Waals surface area contributed by atoms with Crippen LogP contribution in [-0.4, -0.2) is 15.8 Å². The van der Waals surface area contributed by atoms with Gasteiger partial charge in [0.05, 0.1) is 6.10 Å². The smallest absolute Gasteiger partial charge is 0.0567 e. The number of aliphatic hydroxyl groups excluding tert-OH is 1. The number of aliphatic hydroxyl groups is 1. The SMILES string of the molecule is C[C@H](O)Cc1c(Br)c2ccccc2n1C. The third kappa shape index (κ3) is 1.82. The molecule has 2 rings (SSSR count). The molecule has 2 nitrogen and oxygen atoms in total. The minimum atomic E-state index is -0.315. The van der Waals surface area contributed by atoms with Crippen LogP contribution >= 0.6 is 15.9 Å². The van der Waals surface area contributed by atoms with Crippen molar-refractivity contribution in [3.05, 3.63) is 34.4 Å². The molecular weight excluding hydrogens is 254 g/mol. The molecule has 0 radical (unpaired) electrons. The first-order valence-corrected chi connectivity index (χ1v) is 5.80. The molecule has 0 amide bonds. The number of nitrogens with zero attached hydrogens (tertiary/aromatic N) is 1. The van der Waals surface area contributed by atoms with Gasteiger partial charge in [-0.15, -0.1) is 0 Å². The van der Waals surface area contributed by atoms with E-state index in [1.165, 1.54) is 10.9 Å². The van der Waals surface area contributed by atoms with Gasteiger partial charge in [-0.1, -0.05) is 18.2 Å². The number of aryl methyl sites for hydroxylation is 1. The number of hydrogen-bond acceptors (Lipinski definition) is 1. The molecule has 0 bridgehead atoms. The number of halogens is 1. The van der Waals surface area contributed by atoms with Gasteiger partial charge in [-0.3, -0.25) is 0 Å². The molecule has 15 heavy (non-hydrogen) atoms. The topological polar surface area (TPSA) is 25.2 Å². The maximum Gasteiger partial charge on any atom is 0.0567 e. The van der Waals surface area contributed by atoms with Crippen LogP contribution in [0.25, 0.3) is 10.9 Å². The molecule has 0 unspecified atom stereocenters.